The number of fused-ring (bicyclic) bond motifs is 1. The van der Waals surface area contributed by atoms with Gasteiger partial charge in [0.15, 0.2) is 5.17 Å². The second-order valence-electron chi connectivity index (χ2n) is 10.5. The second kappa shape index (κ2) is 11.0. The van der Waals surface area contributed by atoms with E-state index >= 15 is 0 Å². The third-order valence-electron chi connectivity index (χ3n) is 8.19. The molecule has 198 valence electrons. The van der Waals surface area contributed by atoms with Gasteiger partial charge in [-0.15, -0.1) is 0 Å². The number of carbonyl (C=O) groups excluding carboxylic acids is 2. The summed E-state index contributed by atoms with van der Waals surface area (Å²) in [5, 5.41) is 2.86. The number of esters is 1. The number of methoxy groups -OCH3 is 1. The van der Waals surface area contributed by atoms with Gasteiger partial charge in [-0.1, -0.05) is 55.3 Å². The molecule has 1 unspecified atom stereocenters. The minimum absolute atomic E-state index is 0.142. The SMILES string of the molecule is CCC1=C(C(=O)OC)C(c2ccc(C)cc2C)N2C(CC(=O)N3CCN(C4CCCC4)CC3)=CSC2=N1. The molecule has 1 amide bonds. The Morgan fingerprint density at radius 1 is 1.11 bits per heavy atom. The Morgan fingerprint density at radius 3 is 2.49 bits per heavy atom. The highest BCUT2D eigenvalue weighted by Gasteiger charge is 2.42. The van der Waals surface area contributed by atoms with Crippen LogP contribution in [0.5, 0.6) is 0 Å². The fourth-order valence-electron chi connectivity index (χ4n) is 6.21. The average Bonchev–Trinajstić information content (AvgIpc) is 3.58. The smallest absolute Gasteiger partial charge is 0.338 e. The molecule has 3 heterocycles. The predicted octanol–water partition coefficient (Wildman–Crippen LogP) is 4.92. The molecule has 1 aromatic rings. The van der Waals surface area contributed by atoms with Crippen molar-refractivity contribution < 1.29 is 14.3 Å². The number of piperazine rings is 1. The number of thioether (sulfide) groups is 1. The van der Waals surface area contributed by atoms with Crippen molar-refractivity contribution in [2.24, 2.45) is 4.99 Å². The van der Waals surface area contributed by atoms with Crippen molar-refractivity contribution in [3.8, 4) is 0 Å². The zero-order chi connectivity index (χ0) is 26.1. The predicted molar refractivity (Wildman–Crippen MR) is 148 cm³/mol. The Labute approximate surface area is 224 Å². The lowest BCUT2D eigenvalue weighted by Gasteiger charge is -2.39. The van der Waals surface area contributed by atoms with E-state index in [4.69, 9.17) is 9.73 Å². The molecule has 0 N–H and O–H groups in total. The lowest BCUT2D eigenvalue weighted by Crippen LogP contribution is -2.51. The fraction of sp³-hybridized carbons (Fsp3) is 0.552. The second-order valence-corrected chi connectivity index (χ2v) is 11.3. The van der Waals surface area contributed by atoms with Crippen LogP contribution in [0.15, 0.2) is 45.6 Å². The summed E-state index contributed by atoms with van der Waals surface area (Å²) in [5.41, 5.74) is 5.52. The van der Waals surface area contributed by atoms with Crippen molar-refractivity contribution in [2.45, 2.75) is 71.4 Å². The Kier molecular flexibility index (Phi) is 7.77. The summed E-state index contributed by atoms with van der Waals surface area (Å²) in [5.74, 6) is -0.223. The molecule has 0 radical (unpaired) electrons. The van der Waals surface area contributed by atoms with Crippen LogP contribution < -0.4 is 0 Å². The Balaban J connectivity index is 1.39. The highest BCUT2D eigenvalue weighted by molar-refractivity contribution is 8.16. The lowest BCUT2D eigenvalue weighted by atomic mass is 9.89. The largest absolute Gasteiger partial charge is 0.466 e. The van der Waals surface area contributed by atoms with Crippen molar-refractivity contribution in [3.05, 3.63) is 57.3 Å². The quantitative estimate of drug-likeness (QED) is 0.494. The van der Waals surface area contributed by atoms with E-state index < -0.39 is 0 Å². The molecule has 1 atom stereocenters. The van der Waals surface area contributed by atoms with Crippen LogP contribution >= 0.6 is 11.8 Å². The van der Waals surface area contributed by atoms with Crippen LogP contribution in [0, 0.1) is 13.8 Å². The van der Waals surface area contributed by atoms with Gasteiger partial charge in [0.1, 0.15) is 0 Å². The van der Waals surface area contributed by atoms with Crippen molar-refractivity contribution in [1.29, 1.82) is 0 Å². The van der Waals surface area contributed by atoms with E-state index in [-0.39, 0.29) is 17.9 Å². The van der Waals surface area contributed by atoms with E-state index in [1.165, 1.54) is 50.1 Å². The number of ether oxygens (including phenoxy) is 1. The maximum atomic E-state index is 13.5. The van der Waals surface area contributed by atoms with Crippen LogP contribution in [-0.2, 0) is 14.3 Å². The first-order chi connectivity index (χ1) is 17.9. The molecule has 5 rings (SSSR count). The van der Waals surface area contributed by atoms with Gasteiger partial charge in [-0.2, -0.15) is 0 Å². The summed E-state index contributed by atoms with van der Waals surface area (Å²) in [7, 11) is 1.42. The van der Waals surface area contributed by atoms with Crippen molar-refractivity contribution >= 4 is 28.8 Å². The first-order valence-electron chi connectivity index (χ1n) is 13.5. The molecule has 1 saturated carbocycles. The summed E-state index contributed by atoms with van der Waals surface area (Å²) >= 11 is 1.54. The van der Waals surface area contributed by atoms with Crippen LogP contribution in [0.1, 0.15) is 68.2 Å². The summed E-state index contributed by atoms with van der Waals surface area (Å²) in [6, 6.07) is 6.65. The van der Waals surface area contributed by atoms with E-state index in [1.807, 2.05) is 17.2 Å². The van der Waals surface area contributed by atoms with Gasteiger partial charge < -0.3 is 14.5 Å². The van der Waals surface area contributed by atoms with E-state index in [2.05, 4.69) is 41.8 Å². The number of hydrogen-bond donors (Lipinski definition) is 0. The van der Waals surface area contributed by atoms with Crippen LogP contribution in [0.2, 0.25) is 0 Å². The normalized spacial score (nSPS) is 22.8. The number of carbonyl (C=O) groups is 2. The van der Waals surface area contributed by atoms with Gasteiger partial charge in [-0.25, -0.2) is 9.79 Å². The van der Waals surface area contributed by atoms with E-state index in [9.17, 15) is 9.59 Å². The highest BCUT2D eigenvalue weighted by Crippen LogP contribution is 2.46. The van der Waals surface area contributed by atoms with Crippen LogP contribution in [0.4, 0.5) is 0 Å². The number of rotatable bonds is 6. The van der Waals surface area contributed by atoms with Crippen LogP contribution in [-0.4, -0.2) is 71.1 Å². The van der Waals surface area contributed by atoms with Crippen molar-refractivity contribution in [2.75, 3.05) is 33.3 Å². The average molecular weight is 523 g/mol. The molecule has 0 spiro atoms. The Morgan fingerprint density at radius 2 is 1.84 bits per heavy atom. The van der Waals surface area contributed by atoms with Crippen LogP contribution in [0.3, 0.4) is 0 Å². The summed E-state index contributed by atoms with van der Waals surface area (Å²) < 4.78 is 5.25. The lowest BCUT2D eigenvalue weighted by molar-refractivity contribution is -0.136. The molecular weight excluding hydrogens is 484 g/mol. The molecule has 2 fully saturated rings. The standard InChI is InChI=1S/C29H38N4O3S/c1-5-24-26(28(35)36-4)27(23-11-10-19(2)16-20(23)3)33-22(18-37-29(33)30-24)17-25(34)32-14-12-31(13-15-32)21-8-6-7-9-21/h10-11,16,18,21,27H,5-9,12-15,17H2,1-4H3. The molecule has 7 nitrogen and oxygen atoms in total. The molecule has 1 aromatic carbocycles. The van der Waals surface area contributed by atoms with E-state index in [0.717, 1.165) is 53.9 Å². The minimum atomic E-state index is -0.372. The van der Waals surface area contributed by atoms with Crippen LogP contribution in [0.25, 0.3) is 0 Å². The highest BCUT2D eigenvalue weighted by atomic mass is 32.2. The molecule has 1 saturated heterocycles. The molecule has 0 aromatic heterocycles. The zero-order valence-electron chi connectivity index (χ0n) is 22.5. The van der Waals surface area contributed by atoms with Gasteiger partial charge in [0.2, 0.25) is 5.91 Å². The Hall–Kier alpha value is -2.58. The molecule has 1 aliphatic carbocycles. The summed E-state index contributed by atoms with van der Waals surface area (Å²) in [6.07, 6.45) is 6.18. The first kappa shape index (κ1) is 26.0. The van der Waals surface area contributed by atoms with Gasteiger partial charge in [-0.05, 0) is 49.6 Å². The summed E-state index contributed by atoms with van der Waals surface area (Å²) in [4.78, 5) is 38.2. The monoisotopic (exact) mass is 522 g/mol. The molecule has 3 aliphatic heterocycles. The number of amidine groups is 1. The topological polar surface area (TPSA) is 65.5 Å². The first-order valence-corrected chi connectivity index (χ1v) is 14.4. The number of benzene rings is 1. The van der Waals surface area contributed by atoms with Gasteiger partial charge in [0.05, 0.1) is 30.8 Å². The molecule has 37 heavy (non-hydrogen) atoms. The van der Waals surface area contributed by atoms with E-state index in [1.54, 1.807) is 0 Å². The third-order valence-corrected chi connectivity index (χ3v) is 9.08. The molecule has 8 heteroatoms. The van der Waals surface area contributed by atoms with Gasteiger partial charge in [0, 0.05) is 37.9 Å². The number of hydrogen-bond acceptors (Lipinski definition) is 7. The van der Waals surface area contributed by atoms with E-state index in [0.29, 0.717) is 24.5 Å². The van der Waals surface area contributed by atoms with Gasteiger partial charge >= 0.3 is 5.97 Å². The molecule has 0 bridgehead atoms. The number of amides is 1. The zero-order valence-corrected chi connectivity index (χ0v) is 23.3. The maximum absolute atomic E-state index is 13.5. The number of aryl methyl sites for hydroxylation is 2. The number of nitrogens with zero attached hydrogens (tertiary/aromatic N) is 4. The number of allylic oxidation sites excluding steroid dienone is 1. The number of aliphatic imine (C=N–C) groups is 1. The summed E-state index contributed by atoms with van der Waals surface area (Å²) in [6.45, 7) is 9.65. The maximum Gasteiger partial charge on any atom is 0.338 e. The van der Waals surface area contributed by atoms with Crippen molar-refractivity contribution in [1.82, 2.24) is 14.7 Å². The van der Waals surface area contributed by atoms with Crippen molar-refractivity contribution in [3.63, 3.8) is 0 Å². The Bertz CT molecular complexity index is 1160. The third kappa shape index (κ3) is 5.10. The molecule has 4 aliphatic rings. The fourth-order valence-corrected chi connectivity index (χ4v) is 7.15. The minimum Gasteiger partial charge on any atom is -0.466 e. The van der Waals surface area contributed by atoms with Gasteiger partial charge in [0.25, 0.3) is 0 Å². The molecular formula is C29H38N4O3S. The van der Waals surface area contributed by atoms with Gasteiger partial charge in [-0.3, -0.25) is 9.69 Å².